The zero-order chi connectivity index (χ0) is 13.3. The topological polar surface area (TPSA) is 55.0 Å². The molecule has 0 unspecified atom stereocenters. The fraction of sp³-hybridized carbons (Fsp3) is 0.714. The molecule has 100 valence electrons. The van der Waals surface area contributed by atoms with Gasteiger partial charge in [-0.2, -0.15) is 5.10 Å². The Morgan fingerprint density at radius 2 is 1.94 bits per heavy atom. The lowest BCUT2D eigenvalue weighted by Crippen LogP contribution is -2.35. The summed E-state index contributed by atoms with van der Waals surface area (Å²) in [4.78, 5) is 2.36. The molecule has 0 aliphatic heterocycles. The Balaban J connectivity index is 2.36. The lowest BCUT2D eigenvalue weighted by Gasteiger charge is -2.30. The van der Waals surface area contributed by atoms with Crippen molar-refractivity contribution in [3.8, 4) is 0 Å². The third kappa shape index (κ3) is 2.64. The Morgan fingerprint density at radius 3 is 2.44 bits per heavy atom. The van der Waals surface area contributed by atoms with Crippen molar-refractivity contribution in [2.45, 2.75) is 53.1 Å². The molecule has 0 atom stereocenters. The van der Waals surface area contributed by atoms with Crippen LogP contribution >= 0.6 is 0 Å². The maximum absolute atomic E-state index is 5.91. The summed E-state index contributed by atoms with van der Waals surface area (Å²) < 4.78 is 0. The molecule has 0 bridgehead atoms. The molecule has 1 aromatic heterocycles. The Morgan fingerprint density at radius 1 is 1.28 bits per heavy atom. The van der Waals surface area contributed by atoms with Crippen LogP contribution in [0.15, 0.2) is 0 Å². The highest BCUT2D eigenvalue weighted by Gasteiger charge is 2.28. The van der Waals surface area contributed by atoms with Gasteiger partial charge in [0.25, 0.3) is 0 Å². The van der Waals surface area contributed by atoms with Crippen molar-refractivity contribution in [1.82, 2.24) is 10.2 Å². The van der Waals surface area contributed by atoms with Crippen molar-refractivity contribution < 1.29 is 0 Å². The molecule has 1 heterocycles. The van der Waals surface area contributed by atoms with Gasteiger partial charge in [-0.25, -0.2) is 0 Å². The normalized spacial score (nSPS) is 15.2. The molecule has 18 heavy (non-hydrogen) atoms. The van der Waals surface area contributed by atoms with Gasteiger partial charge in [0.05, 0.1) is 5.69 Å². The summed E-state index contributed by atoms with van der Waals surface area (Å²) in [6.45, 7) is 10.1. The van der Waals surface area contributed by atoms with Crippen LogP contribution in [0.1, 0.15) is 43.5 Å². The Hall–Kier alpha value is -1.16. The molecule has 1 aromatic rings. The van der Waals surface area contributed by atoms with Crippen LogP contribution in [0.25, 0.3) is 0 Å². The molecule has 2 N–H and O–H groups in total. The molecule has 0 aromatic carbocycles. The highest BCUT2D eigenvalue weighted by atomic mass is 15.3. The first-order valence-electron chi connectivity index (χ1n) is 6.84. The first-order valence-corrected chi connectivity index (χ1v) is 6.84. The smallest absolute Gasteiger partial charge is 0.156 e. The third-order valence-electron chi connectivity index (χ3n) is 3.81. The van der Waals surface area contributed by atoms with E-state index in [4.69, 9.17) is 5.73 Å². The second-order valence-electron chi connectivity index (χ2n) is 5.61. The van der Waals surface area contributed by atoms with Gasteiger partial charge in [-0.1, -0.05) is 0 Å². The highest BCUT2D eigenvalue weighted by Crippen LogP contribution is 2.33. The predicted molar refractivity (Wildman–Crippen MR) is 74.6 cm³/mol. The minimum atomic E-state index is 0.437. The number of nitrogens with zero attached hydrogens (tertiary/aromatic N) is 3. The van der Waals surface area contributed by atoms with E-state index in [0.717, 1.165) is 29.5 Å². The van der Waals surface area contributed by atoms with E-state index in [2.05, 4.69) is 35.9 Å². The van der Waals surface area contributed by atoms with Crippen molar-refractivity contribution in [1.29, 1.82) is 0 Å². The van der Waals surface area contributed by atoms with Gasteiger partial charge in [0, 0.05) is 24.7 Å². The SMILES string of the molecule is Cc1nnc(N(CC2CC2)C(C)C)c(CN)c1C. The summed E-state index contributed by atoms with van der Waals surface area (Å²) in [6.07, 6.45) is 2.69. The number of hydrogen-bond acceptors (Lipinski definition) is 4. The molecule has 0 radical (unpaired) electrons. The van der Waals surface area contributed by atoms with E-state index in [1.54, 1.807) is 0 Å². The Labute approximate surface area is 110 Å². The zero-order valence-electron chi connectivity index (χ0n) is 11.9. The molecule has 1 saturated carbocycles. The highest BCUT2D eigenvalue weighted by molar-refractivity contribution is 5.51. The minimum absolute atomic E-state index is 0.437. The van der Waals surface area contributed by atoms with Gasteiger partial charge in [-0.05, 0) is 52.0 Å². The largest absolute Gasteiger partial charge is 0.352 e. The fourth-order valence-corrected chi connectivity index (χ4v) is 2.24. The van der Waals surface area contributed by atoms with Crippen molar-refractivity contribution in [2.75, 3.05) is 11.4 Å². The third-order valence-corrected chi connectivity index (χ3v) is 3.81. The number of anilines is 1. The number of nitrogens with two attached hydrogens (primary N) is 1. The van der Waals surface area contributed by atoms with Gasteiger partial charge in [0.1, 0.15) is 0 Å². The lowest BCUT2D eigenvalue weighted by atomic mass is 10.1. The predicted octanol–water partition coefficient (Wildman–Crippen LogP) is 2.18. The van der Waals surface area contributed by atoms with Gasteiger partial charge in [-0.15, -0.1) is 5.10 Å². The van der Waals surface area contributed by atoms with Crippen molar-refractivity contribution in [2.24, 2.45) is 11.7 Å². The van der Waals surface area contributed by atoms with E-state index in [1.807, 2.05) is 6.92 Å². The lowest BCUT2D eigenvalue weighted by molar-refractivity contribution is 0.626. The summed E-state index contributed by atoms with van der Waals surface area (Å²) in [5.41, 5.74) is 9.23. The van der Waals surface area contributed by atoms with Crippen LogP contribution < -0.4 is 10.6 Å². The van der Waals surface area contributed by atoms with Crippen molar-refractivity contribution in [3.05, 3.63) is 16.8 Å². The van der Waals surface area contributed by atoms with Crippen LogP contribution in [-0.2, 0) is 6.54 Å². The molecule has 4 nitrogen and oxygen atoms in total. The summed E-state index contributed by atoms with van der Waals surface area (Å²) in [5, 5.41) is 8.68. The summed E-state index contributed by atoms with van der Waals surface area (Å²) in [6, 6.07) is 0.437. The van der Waals surface area contributed by atoms with Gasteiger partial charge in [-0.3, -0.25) is 0 Å². The standard InChI is InChI=1S/C14H24N4/c1-9(2)18(8-12-5-6-12)14-13(7-15)10(3)11(4)16-17-14/h9,12H,5-8,15H2,1-4H3. The quantitative estimate of drug-likeness (QED) is 0.867. The van der Waals surface area contributed by atoms with Crippen LogP contribution in [-0.4, -0.2) is 22.8 Å². The molecule has 0 saturated heterocycles. The first kappa shape index (κ1) is 13.3. The van der Waals surface area contributed by atoms with Gasteiger partial charge in [0.15, 0.2) is 5.82 Å². The van der Waals surface area contributed by atoms with Crippen molar-refractivity contribution in [3.63, 3.8) is 0 Å². The molecule has 2 rings (SSSR count). The van der Waals surface area contributed by atoms with E-state index < -0.39 is 0 Å². The van der Waals surface area contributed by atoms with Gasteiger partial charge >= 0.3 is 0 Å². The van der Waals surface area contributed by atoms with E-state index in [9.17, 15) is 0 Å². The Kier molecular flexibility index (Phi) is 3.85. The van der Waals surface area contributed by atoms with Crippen LogP contribution in [0.5, 0.6) is 0 Å². The van der Waals surface area contributed by atoms with Crippen molar-refractivity contribution >= 4 is 5.82 Å². The molecule has 1 aliphatic carbocycles. The van der Waals surface area contributed by atoms with Crippen LogP contribution in [0.4, 0.5) is 5.82 Å². The number of hydrogen-bond donors (Lipinski definition) is 1. The minimum Gasteiger partial charge on any atom is -0.352 e. The fourth-order valence-electron chi connectivity index (χ4n) is 2.24. The number of rotatable bonds is 5. The maximum Gasteiger partial charge on any atom is 0.156 e. The van der Waals surface area contributed by atoms with Crippen LogP contribution in [0.3, 0.4) is 0 Å². The molecule has 4 heteroatoms. The molecule has 0 amide bonds. The maximum atomic E-state index is 5.91. The second-order valence-corrected chi connectivity index (χ2v) is 5.61. The molecular weight excluding hydrogens is 224 g/mol. The molecule has 1 aliphatic rings. The number of aromatic nitrogens is 2. The monoisotopic (exact) mass is 248 g/mol. The van der Waals surface area contributed by atoms with E-state index in [-0.39, 0.29) is 0 Å². The van der Waals surface area contributed by atoms with E-state index in [1.165, 1.54) is 18.4 Å². The van der Waals surface area contributed by atoms with Gasteiger partial charge < -0.3 is 10.6 Å². The van der Waals surface area contributed by atoms with Crippen LogP contribution in [0, 0.1) is 19.8 Å². The molecule has 1 fully saturated rings. The zero-order valence-corrected chi connectivity index (χ0v) is 11.9. The van der Waals surface area contributed by atoms with Gasteiger partial charge in [0.2, 0.25) is 0 Å². The summed E-state index contributed by atoms with van der Waals surface area (Å²) in [5.74, 6) is 1.82. The average Bonchev–Trinajstić information content (AvgIpc) is 3.13. The molecule has 0 spiro atoms. The number of aryl methyl sites for hydroxylation is 1. The summed E-state index contributed by atoms with van der Waals surface area (Å²) >= 11 is 0. The first-order chi connectivity index (χ1) is 8.54. The second kappa shape index (κ2) is 5.22. The summed E-state index contributed by atoms with van der Waals surface area (Å²) in [7, 11) is 0. The average molecular weight is 248 g/mol. The Bertz CT molecular complexity index is 424. The van der Waals surface area contributed by atoms with E-state index in [0.29, 0.717) is 12.6 Å². The van der Waals surface area contributed by atoms with Crippen LogP contribution in [0.2, 0.25) is 0 Å². The van der Waals surface area contributed by atoms with E-state index >= 15 is 0 Å². The molecular formula is C14H24N4.